The van der Waals surface area contributed by atoms with Gasteiger partial charge in [-0.15, -0.1) is 0 Å². The van der Waals surface area contributed by atoms with Crippen LogP contribution in [0.1, 0.15) is 0 Å². The first kappa shape index (κ1) is 20.1. The Bertz CT molecular complexity index is 688. The van der Waals surface area contributed by atoms with E-state index in [1.54, 1.807) is 0 Å². The Hall–Kier alpha value is -0.204. The molecule has 3 aromatic carbocycles. The van der Waals surface area contributed by atoms with Crippen molar-refractivity contribution in [2.45, 2.75) is 14.7 Å². The SMILES string of the molecule is O=[PH](O)OS(c1ccccc1)(c1ccccc1)c1ccccc1.[KH]. The van der Waals surface area contributed by atoms with Gasteiger partial charge in [-0.05, 0) is 46.7 Å². The van der Waals surface area contributed by atoms with Crippen molar-refractivity contribution < 1.29 is 13.4 Å². The van der Waals surface area contributed by atoms with Gasteiger partial charge in [0.05, 0.1) is 0 Å². The van der Waals surface area contributed by atoms with E-state index < -0.39 is 18.6 Å². The van der Waals surface area contributed by atoms with Gasteiger partial charge in [-0.2, -0.15) is 0 Å². The number of hydrogen-bond donors (Lipinski definition) is 1. The Morgan fingerprint density at radius 1 is 0.667 bits per heavy atom. The molecule has 0 amide bonds. The maximum absolute atomic E-state index is 11.7. The van der Waals surface area contributed by atoms with Gasteiger partial charge in [0, 0.05) is 14.7 Å². The molecule has 24 heavy (non-hydrogen) atoms. The van der Waals surface area contributed by atoms with Crippen molar-refractivity contribution in [3.63, 3.8) is 0 Å². The summed E-state index contributed by atoms with van der Waals surface area (Å²) in [4.78, 5) is 12.3. The van der Waals surface area contributed by atoms with Crippen LogP contribution in [0.15, 0.2) is 106 Å². The molecule has 3 aromatic rings. The first-order valence-corrected chi connectivity index (χ1v) is 9.96. The topological polar surface area (TPSA) is 46.5 Å². The van der Waals surface area contributed by atoms with Crippen molar-refractivity contribution in [1.82, 2.24) is 0 Å². The number of hydrogen-bond acceptors (Lipinski definition) is 2. The van der Waals surface area contributed by atoms with Gasteiger partial charge in [0.2, 0.25) is 0 Å². The molecule has 3 nitrogen and oxygen atoms in total. The van der Waals surface area contributed by atoms with E-state index in [0.717, 1.165) is 14.7 Å². The molecule has 0 aliphatic rings. The van der Waals surface area contributed by atoms with Crippen LogP contribution in [0.3, 0.4) is 0 Å². The van der Waals surface area contributed by atoms with E-state index in [1.807, 2.05) is 91.0 Å². The van der Waals surface area contributed by atoms with E-state index in [-0.39, 0.29) is 51.4 Å². The molecule has 0 saturated heterocycles. The molecule has 0 aromatic heterocycles. The second kappa shape index (κ2) is 9.48. The van der Waals surface area contributed by atoms with E-state index in [2.05, 4.69) is 0 Å². The van der Waals surface area contributed by atoms with Crippen LogP contribution in [0, 0.1) is 0 Å². The molecule has 3 rings (SSSR count). The van der Waals surface area contributed by atoms with Crippen LogP contribution in [0.4, 0.5) is 0 Å². The summed E-state index contributed by atoms with van der Waals surface area (Å²) in [7, 11) is -5.39. The average molecular weight is 384 g/mol. The first-order chi connectivity index (χ1) is 11.2. The summed E-state index contributed by atoms with van der Waals surface area (Å²) in [5.41, 5.74) is 0. The van der Waals surface area contributed by atoms with Crippen LogP contribution < -0.4 is 0 Å². The van der Waals surface area contributed by atoms with Crippen LogP contribution >= 0.6 is 18.6 Å². The van der Waals surface area contributed by atoms with Crippen LogP contribution in [-0.4, -0.2) is 56.3 Å². The Morgan fingerprint density at radius 2 is 0.958 bits per heavy atom. The van der Waals surface area contributed by atoms with Gasteiger partial charge in [-0.3, -0.25) is 4.57 Å². The van der Waals surface area contributed by atoms with Gasteiger partial charge >= 0.3 is 59.6 Å². The normalized spacial score (nSPS) is 12.9. The third kappa shape index (κ3) is 4.30. The van der Waals surface area contributed by atoms with E-state index >= 15 is 0 Å². The molecule has 0 aliphatic heterocycles. The van der Waals surface area contributed by atoms with Crippen molar-refractivity contribution in [2.24, 2.45) is 0 Å². The van der Waals surface area contributed by atoms with Crippen LogP contribution in [-0.2, 0) is 8.54 Å². The molecule has 0 radical (unpaired) electrons. The fourth-order valence-corrected chi connectivity index (χ4v) is 6.94. The molecule has 1 N–H and O–H groups in total. The molecule has 120 valence electrons. The molecule has 0 spiro atoms. The van der Waals surface area contributed by atoms with Gasteiger partial charge in [0.25, 0.3) is 0 Å². The fourth-order valence-electron chi connectivity index (χ4n) is 2.50. The number of benzene rings is 3. The van der Waals surface area contributed by atoms with Gasteiger partial charge < -0.3 is 4.89 Å². The molecule has 0 fully saturated rings. The van der Waals surface area contributed by atoms with Crippen molar-refractivity contribution in [1.29, 1.82) is 0 Å². The molecular formula is C18H18KO3PS. The second-order valence-corrected chi connectivity index (χ2v) is 8.57. The third-order valence-electron chi connectivity index (χ3n) is 3.42. The molecule has 0 bridgehead atoms. The van der Waals surface area contributed by atoms with Crippen molar-refractivity contribution >= 4 is 69.9 Å². The summed E-state index contributed by atoms with van der Waals surface area (Å²) in [5.74, 6) is 0. The van der Waals surface area contributed by atoms with Gasteiger partial charge in [0.1, 0.15) is 0 Å². The Balaban J connectivity index is 0.00000208. The van der Waals surface area contributed by atoms with Crippen molar-refractivity contribution in [3.8, 4) is 0 Å². The zero-order valence-electron chi connectivity index (χ0n) is 12.3. The Morgan fingerprint density at radius 3 is 1.21 bits per heavy atom. The van der Waals surface area contributed by atoms with Gasteiger partial charge in [-0.25, -0.2) is 3.97 Å². The van der Waals surface area contributed by atoms with Crippen LogP contribution in [0.5, 0.6) is 0 Å². The first-order valence-electron chi connectivity index (χ1n) is 7.14. The minimum atomic E-state index is -3.15. The molecule has 0 heterocycles. The van der Waals surface area contributed by atoms with E-state index in [4.69, 9.17) is 3.97 Å². The summed E-state index contributed by atoms with van der Waals surface area (Å²) in [6.07, 6.45) is 0. The third-order valence-corrected chi connectivity index (χ3v) is 7.80. The molecule has 0 saturated carbocycles. The average Bonchev–Trinajstić information content (AvgIpc) is 2.62. The fraction of sp³-hybridized carbons (Fsp3) is 0. The summed E-state index contributed by atoms with van der Waals surface area (Å²) >= 11 is 0. The number of rotatable bonds is 5. The molecule has 6 heteroatoms. The monoisotopic (exact) mass is 384 g/mol. The Kier molecular flexibility index (Phi) is 7.95. The Labute approximate surface area is 187 Å². The summed E-state index contributed by atoms with van der Waals surface area (Å²) < 4.78 is 17.5. The van der Waals surface area contributed by atoms with E-state index in [1.165, 1.54) is 0 Å². The summed E-state index contributed by atoms with van der Waals surface area (Å²) in [6, 6.07) is 28.9. The zero-order valence-corrected chi connectivity index (χ0v) is 14.1. The standard InChI is InChI=1S/C18H17O3PS.K.H/c19-22(20)21-23(16-10-4-1-5-11-16,17-12-6-2-7-13-17)18-14-8-3-9-15-18;;/h1-15,22H,(H,19,20);;. The van der Waals surface area contributed by atoms with Gasteiger partial charge in [-0.1, -0.05) is 54.6 Å². The quantitative estimate of drug-likeness (QED) is 0.515. The van der Waals surface area contributed by atoms with Crippen molar-refractivity contribution in [2.75, 3.05) is 0 Å². The van der Waals surface area contributed by atoms with Crippen molar-refractivity contribution in [3.05, 3.63) is 91.0 Å². The predicted octanol–water partition coefficient (Wildman–Crippen LogP) is 4.63. The van der Waals surface area contributed by atoms with E-state index in [9.17, 15) is 9.46 Å². The molecular weight excluding hydrogens is 366 g/mol. The molecule has 1 atom stereocenters. The molecule has 1 unspecified atom stereocenters. The predicted molar refractivity (Wildman–Crippen MR) is 101 cm³/mol. The summed E-state index contributed by atoms with van der Waals surface area (Å²) in [5, 5.41) is 0. The van der Waals surface area contributed by atoms with Crippen LogP contribution in [0.2, 0.25) is 0 Å². The van der Waals surface area contributed by atoms with Gasteiger partial charge in [0.15, 0.2) is 0 Å². The molecule has 0 aliphatic carbocycles. The van der Waals surface area contributed by atoms with Crippen LogP contribution in [0.25, 0.3) is 0 Å². The second-order valence-electron chi connectivity index (χ2n) is 4.84. The van der Waals surface area contributed by atoms with E-state index in [0.29, 0.717) is 0 Å². The minimum absolute atomic E-state index is 0. The summed E-state index contributed by atoms with van der Waals surface area (Å²) in [6.45, 7) is 0. The maximum atomic E-state index is 11.7. The zero-order chi connectivity index (χ0) is 16.1.